The quantitative estimate of drug-likeness (QED) is 0.476. The summed E-state index contributed by atoms with van der Waals surface area (Å²) in [5.41, 5.74) is 0. The van der Waals surface area contributed by atoms with Crippen molar-refractivity contribution in [2.24, 2.45) is 0 Å². The molecule has 0 spiro atoms. The Balaban J connectivity index is 2.06. The smallest absolute Gasteiger partial charge is 0.185 e. The van der Waals surface area contributed by atoms with Gasteiger partial charge in [-0.15, -0.1) is 0 Å². The fourth-order valence-corrected chi connectivity index (χ4v) is 2.72. The first-order valence-corrected chi connectivity index (χ1v) is 4.75. The summed E-state index contributed by atoms with van der Waals surface area (Å²) < 4.78 is 0. The average molecular weight is 152 g/mol. The van der Waals surface area contributed by atoms with E-state index < -0.39 is 0 Å². The van der Waals surface area contributed by atoms with Crippen molar-refractivity contribution in [3.63, 3.8) is 0 Å². The van der Waals surface area contributed by atoms with E-state index in [1.807, 2.05) is 0 Å². The lowest BCUT2D eigenvalue weighted by Gasteiger charge is -2.39. The third-order valence-electron chi connectivity index (χ3n) is 3.18. The number of nitrogens with zero attached hydrogens (tertiary/aromatic N) is 2. The summed E-state index contributed by atoms with van der Waals surface area (Å²) in [6, 6.07) is 1.76. The molecular formula is C8H17BN2. The molecule has 2 saturated heterocycles. The Morgan fingerprint density at radius 3 is 2.27 bits per heavy atom. The molecule has 0 radical (unpaired) electrons. The van der Waals surface area contributed by atoms with E-state index in [2.05, 4.69) is 24.6 Å². The molecule has 2 unspecified atom stereocenters. The zero-order valence-electron chi connectivity index (χ0n) is 7.58. The third kappa shape index (κ3) is 1.21. The molecule has 2 nitrogen and oxygen atoms in total. The van der Waals surface area contributed by atoms with Crippen LogP contribution in [0.2, 0.25) is 0 Å². The van der Waals surface area contributed by atoms with Gasteiger partial charge in [0.15, 0.2) is 7.98 Å². The highest BCUT2D eigenvalue weighted by atomic mass is 15.3. The molecule has 2 bridgehead atoms. The molecule has 0 aromatic carbocycles. The number of piperazine rings is 1. The van der Waals surface area contributed by atoms with Crippen LogP contribution in [-0.4, -0.2) is 49.4 Å². The summed E-state index contributed by atoms with van der Waals surface area (Å²) in [4.78, 5) is 5.16. The first kappa shape index (κ1) is 7.62. The van der Waals surface area contributed by atoms with Crippen molar-refractivity contribution in [1.82, 2.24) is 9.71 Å². The maximum atomic E-state index is 2.68. The molecule has 0 aromatic rings. The molecule has 0 saturated carbocycles. The van der Waals surface area contributed by atoms with Crippen LogP contribution in [0, 0.1) is 0 Å². The first-order valence-electron chi connectivity index (χ1n) is 4.75. The van der Waals surface area contributed by atoms with Crippen LogP contribution in [0.4, 0.5) is 0 Å². The second-order valence-corrected chi connectivity index (χ2v) is 3.94. The Hall–Kier alpha value is -0.0151. The zero-order valence-corrected chi connectivity index (χ0v) is 7.58. The van der Waals surface area contributed by atoms with Gasteiger partial charge >= 0.3 is 0 Å². The molecule has 11 heavy (non-hydrogen) atoms. The zero-order chi connectivity index (χ0) is 7.84. The van der Waals surface area contributed by atoms with Crippen LogP contribution < -0.4 is 0 Å². The van der Waals surface area contributed by atoms with Gasteiger partial charge < -0.3 is 4.81 Å². The molecular weight excluding hydrogens is 135 g/mol. The maximum absolute atomic E-state index is 2.68. The Labute approximate surface area is 70.0 Å². The minimum atomic E-state index is 0.878. The summed E-state index contributed by atoms with van der Waals surface area (Å²) in [5, 5.41) is 0. The van der Waals surface area contributed by atoms with Crippen LogP contribution >= 0.6 is 0 Å². The van der Waals surface area contributed by atoms with Crippen LogP contribution in [0.15, 0.2) is 0 Å². The largest absolute Gasteiger partial charge is 0.346 e. The molecule has 0 amide bonds. The van der Waals surface area contributed by atoms with Gasteiger partial charge in [0.1, 0.15) is 0 Å². The molecule has 62 valence electrons. The lowest BCUT2D eigenvalue weighted by atomic mass is 10.1. The highest BCUT2D eigenvalue weighted by Gasteiger charge is 2.36. The third-order valence-corrected chi connectivity index (χ3v) is 3.18. The van der Waals surface area contributed by atoms with Crippen molar-refractivity contribution in [2.45, 2.75) is 31.8 Å². The summed E-state index contributed by atoms with van der Waals surface area (Å²) in [5.74, 6) is 0. The predicted molar refractivity (Wildman–Crippen MR) is 49.3 cm³/mol. The van der Waals surface area contributed by atoms with Crippen molar-refractivity contribution in [1.29, 1.82) is 0 Å². The molecule has 0 aromatic heterocycles. The lowest BCUT2D eigenvalue weighted by Crippen LogP contribution is -2.52. The standard InChI is InChI=1S/C8H17BN2/c1-2-11-7-3-4-8(11)6-10(9)5-7/h7-8H,2-6,9H2,1H3. The molecule has 2 atom stereocenters. The van der Waals surface area contributed by atoms with Gasteiger partial charge in [-0.25, -0.2) is 0 Å². The van der Waals surface area contributed by atoms with E-state index in [9.17, 15) is 0 Å². The maximum Gasteiger partial charge on any atom is 0.185 e. The average Bonchev–Trinajstić information content (AvgIpc) is 2.23. The SMILES string of the molecule is BN1CC2CCC(C1)N2CC. The van der Waals surface area contributed by atoms with Crippen LogP contribution in [0.5, 0.6) is 0 Å². The van der Waals surface area contributed by atoms with E-state index in [0.29, 0.717) is 0 Å². The number of rotatable bonds is 1. The number of hydrogen-bond acceptors (Lipinski definition) is 2. The van der Waals surface area contributed by atoms with E-state index in [0.717, 1.165) is 12.1 Å². The van der Waals surface area contributed by atoms with E-state index in [-0.39, 0.29) is 0 Å². The Morgan fingerprint density at radius 1 is 1.27 bits per heavy atom. The number of likely N-dealkylation sites (N-methyl/N-ethyl adjacent to an activating group) is 1. The van der Waals surface area contributed by atoms with Crippen molar-refractivity contribution in [2.75, 3.05) is 19.6 Å². The van der Waals surface area contributed by atoms with Gasteiger partial charge in [0, 0.05) is 25.2 Å². The van der Waals surface area contributed by atoms with Crippen molar-refractivity contribution < 1.29 is 0 Å². The fraction of sp³-hybridized carbons (Fsp3) is 1.00. The fourth-order valence-electron chi connectivity index (χ4n) is 2.72. The summed E-state index contributed by atoms with van der Waals surface area (Å²) >= 11 is 0. The second-order valence-electron chi connectivity index (χ2n) is 3.94. The Morgan fingerprint density at radius 2 is 1.82 bits per heavy atom. The molecule has 2 heterocycles. The van der Waals surface area contributed by atoms with Gasteiger partial charge in [-0.2, -0.15) is 0 Å². The molecule has 2 aliphatic rings. The summed E-state index contributed by atoms with van der Waals surface area (Å²) in [6.07, 6.45) is 2.87. The Bertz CT molecular complexity index is 137. The van der Waals surface area contributed by atoms with E-state index in [4.69, 9.17) is 0 Å². The summed E-state index contributed by atoms with van der Waals surface area (Å²) in [6.45, 7) is 6.13. The Kier molecular flexibility index (Phi) is 1.94. The van der Waals surface area contributed by atoms with Crippen molar-refractivity contribution in [3.05, 3.63) is 0 Å². The number of fused-ring (bicyclic) bond motifs is 2. The predicted octanol–water partition coefficient (Wildman–Crippen LogP) is -0.297. The molecule has 2 rings (SSSR count). The summed E-state index contributed by atoms with van der Waals surface area (Å²) in [7, 11) is 2.25. The van der Waals surface area contributed by atoms with Crippen molar-refractivity contribution in [3.8, 4) is 0 Å². The molecule has 0 aliphatic carbocycles. The van der Waals surface area contributed by atoms with Gasteiger partial charge in [0.25, 0.3) is 0 Å². The van der Waals surface area contributed by atoms with Gasteiger partial charge in [-0.3, -0.25) is 4.90 Å². The molecule has 2 fully saturated rings. The topological polar surface area (TPSA) is 6.48 Å². The molecule has 2 aliphatic heterocycles. The molecule has 0 N–H and O–H groups in total. The second kappa shape index (κ2) is 2.79. The minimum Gasteiger partial charge on any atom is -0.346 e. The first-order chi connectivity index (χ1) is 5.31. The monoisotopic (exact) mass is 152 g/mol. The van der Waals surface area contributed by atoms with Crippen LogP contribution in [0.25, 0.3) is 0 Å². The normalized spacial score (nSPS) is 39.7. The van der Waals surface area contributed by atoms with Gasteiger partial charge in [0.2, 0.25) is 0 Å². The number of hydrogen-bond donors (Lipinski definition) is 0. The van der Waals surface area contributed by atoms with Gasteiger partial charge in [0.05, 0.1) is 0 Å². The van der Waals surface area contributed by atoms with Gasteiger partial charge in [-0.1, -0.05) is 6.92 Å². The highest BCUT2D eigenvalue weighted by Crippen LogP contribution is 2.28. The van der Waals surface area contributed by atoms with Crippen LogP contribution in [-0.2, 0) is 0 Å². The van der Waals surface area contributed by atoms with E-state index in [1.165, 1.54) is 32.5 Å². The minimum absolute atomic E-state index is 0.878. The highest BCUT2D eigenvalue weighted by molar-refractivity contribution is 6.04. The lowest BCUT2D eigenvalue weighted by molar-refractivity contribution is 0.118. The van der Waals surface area contributed by atoms with Crippen LogP contribution in [0.1, 0.15) is 19.8 Å². The van der Waals surface area contributed by atoms with E-state index in [1.54, 1.807) is 0 Å². The molecule has 3 heteroatoms. The van der Waals surface area contributed by atoms with E-state index >= 15 is 0 Å². The van der Waals surface area contributed by atoms with Crippen LogP contribution in [0.3, 0.4) is 0 Å². The van der Waals surface area contributed by atoms with Crippen molar-refractivity contribution >= 4 is 7.98 Å². The van der Waals surface area contributed by atoms with Gasteiger partial charge in [-0.05, 0) is 19.4 Å².